The molecule has 5 nitrogen and oxygen atoms in total. The fraction of sp³-hybridized carbons (Fsp3) is 0.562. The van der Waals surface area contributed by atoms with Crippen molar-refractivity contribution in [2.75, 3.05) is 45.7 Å². The van der Waals surface area contributed by atoms with Crippen LogP contribution >= 0.6 is 0 Å². The lowest BCUT2D eigenvalue weighted by atomic mass is 10.2. The second-order valence-electron chi connectivity index (χ2n) is 5.99. The van der Waals surface area contributed by atoms with Gasteiger partial charge in [0.2, 0.25) is 5.91 Å². The third-order valence-corrected chi connectivity index (χ3v) is 3.90. The van der Waals surface area contributed by atoms with Crippen LogP contribution in [0, 0.1) is 0 Å². The van der Waals surface area contributed by atoms with E-state index in [0.717, 1.165) is 24.2 Å². The van der Waals surface area contributed by atoms with Crippen LogP contribution in [0.5, 0.6) is 0 Å². The van der Waals surface area contributed by atoms with Gasteiger partial charge in [0, 0.05) is 46.5 Å². The van der Waals surface area contributed by atoms with Gasteiger partial charge >= 0.3 is 0 Å². The van der Waals surface area contributed by atoms with Gasteiger partial charge in [0.05, 0.1) is 12.6 Å². The second kappa shape index (κ2) is 6.91. The van der Waals surface area contributed by atoms with Crippen molar-refractivity contribution in [1.29, 1.82) is 0 Å². The summed E-state index contributed by atoms with van der Waals surface area (Å²) in [6.45, 7) is 2.42. The molecule has 0 saturated carbocycles. The van der Waals surface area contributed by atoms with Crippen LogP contribution in [0.1, 0.15) is 12.0 Å². The standard InChI is InChI=1S/C16H25N3O2/c1-17(2)14-6-4-13(5-7-14)10-18(3)16(21)12-19-9-8-15(20)11-19/h4-7,15,20H,8-12H2,1-3H3. The van der Waals surface area contributed by atoms with E-state index in [1.54, 1.807) is 4.90 Å². The fourth-order valence-electron chi connectivity index (χ4n) is 2.53. The number of nitrogens with zero attached hydrogens (tertiary/aromatic N) is 3. The maximum absolute atomic E-state index is 12.2. The molecule has 116 valence electrons. The Morgan fingerprint density at radius 3 is 2.48 bits per heavy atom. The van der Waals surface area contributed by atoms with Crippen LogP contribution in [0.3, 0.4) is 0 Å². The first-order valence-electron chi connectivity index (χ1n) is 7.36. The Hall–Kier alpha value is -1.59. The lowest BCUT2D eigenvalue weighted by Crippen LogP contribution is -2.37. The molecule has 1 fully saturated rings. The first-order valence-corrected chi connectivity index (χ1v) is 7.36. The molecule has 5 heteroatoms. The third kappa shape index (κ3) is 4.44. The summed E-state index contributed by atoms with van der Waals surface area (Å²) in [5.74, 6) is 0.0980. The molecule has 1 amide bonds. The highest BCUT2D eigenvalue weighted by molar-refractivity contribution is 5.78. The molecule has 1 unspecified atom stereocenters. The minimum absolute atomic E-state index is 0.0980. The van der Waals surface area contributed by atoms with Crippen LogP contribution in [0.2, 0.25) is 0 Å². The highest BCUT2D eigenvalue weighted by Crippen LogP contribution is 2.14. The Kier molecular flexibility index (Phi) is 5.20. The summed E-state index contributed by atoms with van der Waals surface area (Å²) in [5, 5.41) is 9.49. The number of aliphatic hydroxyl groups is 1. The number of hydrogen-bond donors (Lipinski definition) is 1. The molecule has 0 spiro atoms. The van der Waals surface area contributed by atoms with Crippen LogP contribution in [-0.4, -0.2) is 67.7 Å². The maximum atomic E-state index is 12.2. The molecular formula is C16H25N3O2. The van der Waals surface area contributed by atoms with Crippen LogP contribution < -0.4 is 4.90 Å². The summed E-state index contributed by atoms with van der Waals surface area (Å²) in [7, 11) is 5.85. The number of aliphatic hydroxyl groups excluding tert-OH is 1. The van der Waals surface area contributed by atoms with E-state index in [2.05, 4.69) is 29.2 Å². The normalized spacial score (nSPS) is 18.8. The topological polar surface area (TPSA) is 47.0 Å². The summed E-state index contributed by atoms with van der Waals surface area (Å²) in [5.41, 5.74) is 2.27. The zero-order valence-electron chi connectivity index (χ0n) is 13.1. The van der Waals surface area contributed by atoms with Gasteiger partial charge in [-0.15, -0.1) is 0 Å². The fourth-order valence-corrected chi connectivity index (χ4v) is 2.53. The van der Waals surface area contributed by atoms with Crippen molar-refractivity contribution in [3.8, 4) is 0 Å². The van der Waals surface area contributed by atoms with E-state index in [0.29, 0.717) is 19.6 Å². The molecule has 21 heavy (non-hydrogen) atoms. The van der Waals surface area contributed by atoms with Gasteiger partial charge < -0.3 is 14.9 Å². The van der Waals surface area contributed by atoms with Gasteiger partial charge in [-0.05, 0) is 24.1 Å². The van der Waals surface area contributed by atoms with E-state index in [4.69, 9.17) is 0 Å². The predicted molar refractivity (Wildman–Crippen MR) is 84.3 cm³/mol. The number of hydrogen-bond acceptors (Lipinski definition) is 4. The van der Waals surface area contributed by atoms with E-state index in [9.17, 15) is 9.90 Å². The minimum atomic E-state index is -0.276. The number of rotatable bonds is 5. The highest BCUT2D eigenvalue weighted by atomic mass is 16.3. The van der Waals surface area contributed by atoms with Crippen molar-refractivity contribution < 1.29 is 9.90 Å². The summed E-state index contributed by atoms with van der Waals surface area (Å²) in [6.07, 6.45) is 0.491. The van der Waals surface area contributed by atoms with Crippen molar-refractivity contribution in [2.24, 2.45) is 0 Å². The molecule has 1 aliphatic rings. The molecule has 1 aromatic rings. The number of likely N-dealkylation sites (N-methyl/N-ethyl adjacent to an activating group) is 1. The van der Waals surface area contributed by atoms with Gasteiger partial charge in [0.25, 0.3) is 0 Å². The van der Waals surface area contributed by atoms with Crippen LogP contribution in [0.4, 0.5) is 5.69 Å². The minimum Gasteiger partial charge on any atom is -0.392 e. The van der Waals surface area contributed by atoms with Crippen molar-refractivity contribution in [3.05, 3.63) is 29.8 Å². The van der Waals surface area contributed by atoms with Crippen molar-refractivity contribution >= 4 is 11.6 Å². The maximum Gasteiger partial charge on any atom is 0.236 e. The average Bonchev–Trinajstić information content (AvgIpc) is 2.84. The molecule has 0 bridgehead atoms. The van der Waals surface area contributed by atoms with Gasteiger partial charge in [-0.1, -0.05) is 12.1 Å². The van der Waals surface area contributed by atoms with Crippen LogP contribution in [-0.2, 0) is 11.3 Å². The Morgan fingerprint density at radius 1 is 1.29 bits per heavy atom. The lowest BCUT2D eigenvalue weighted by molar-refractivity contribution is -0.131. The summed E-state index contributed by atoms with van der Waals surface area (Å²) < 4.78 is 0. The molecule has 1 aromatic carbocycles. The van der Waals surface area contributed by atoms with E-state index in [-0.39, 0.29) is 12.0 Å². The first kappa shape index (κ1) is 15.8. The van der Waals surface area contributed by atoms with Crippen LogP contribution in [0.25, 0.3) is 0 Å². The number of amides is 1. The molecule has 1 heterocycles. The first-order chi connectivity index (χ1) is 9.95. The van der Waals surface area contributed by atoms with Gasteiger partial charge in [0.1, 0.15) is 0 Å². The van der Waals surface area contributed by atoms with Gasteiger partial charge in [-0.3, -0.25) is 9.69 Å². The molecule has 1 saturated heterocycles. The third-order valence-electron chi connectivity index (χ3n) is 3.90. The molecule has 1 N–H and O–H groups in total. The highest BCUT2D eigenvalue weighted by Gasteiger charge is 2.23. The molecule has 2 rings (SSSR count). The van der Waals surface area contributed by atoms with Gasteiger partial charge in [0.15, 0.2) is 0 Å². The molecular weight excluding hydrogens is 266 g/mol. The number of carbonyl (C=O) groups is 1. The van der Waals surface area contributed by atoms with Crippen molar-refractivity contribution in [1.82, 2.24) is 9.80 Å². The SMILES string of the molecule is CN(Cc1ccc(N(C)C)cc1)C(=O)CN1CCC(O)C1. The number of β-amino-alcohol motifs (C(OH)–C–C–N with tert-alkyl or cyclic N) is 1. The zero-order valence-corrected chi connectivity index (χ0v) is 13.1. The van der Waals surface area contributed by atoms with Gasteiger partial charge in [-0.2, -0.15) is 0 Å². The van der Waals surface area contributed by atoms with E-state index < -0.39 is 0 Å². The Morgan fingerprint density at radius 2 is 1.95 bits per heavy atom. The number of carbonyl (C=O) groups excluding carboxylic acids is 1. The second-order valence-corrected chi connectivity index (χ2v) is 5.99. The van der Waals surface area contributed by atoms with E-state index in [1.165, 1.54) is 0 Å². The molecule has 0 aliphatic carbocycles. The van der Waals surface area contributed by atoms with E-state index in [1.807, 2.05) is 26.0 Å². The summed E-state index contributed by atoms with van der Waals surface area (Å²) >= 11 is 0. The van der Waals surface area contributed by atoms with Gasteiger partial charge in [-0.25, -0.2) is 0 Å². The Balaban J connectivity index is 1.85. The summed E-state index contributed by atoms with van der Waals surface area (Å²) in [4.78, 5) is 18.0. The predicted octanol–water partition coefficient (Wildman–Crippen LogP) is 0.778. The number of likely N-dealkylation sites (tertiary alicyclic amines) is 1. The summed E-state index contributed by atoms with van der Waals surface area (Å²) in [6, 6.07) is 8.23. The number of anilines is 1. The molecule has 1 atom stereocenters. The monoisotopic (exact) mass is 291 g/mol. The Bertz CT molecular complexity index is 473. The Labute approximate surface area is 126 Å². The molecule has 0 aromatic heterocycles. The van der Waals surface area contributed by atoms with E-state index >= 15 is 0 Å². The largest absolute Gasteiger partial charge is 0.392 e. The van der Waals surface area contributed by atoms with Crippen molar-refractivity contribution in [3.63, 3.8) is 0 Å². The zero-order chi connectivity index (χ0) is 15.4. The van der Waals surface area contributed by atoms with Crippen LogP contribution in [0.15, 0.2) is 24.3 Å². The number of benzene rings is 1. The average molecular weight is 291 g/mol. The quantitative estimate of drug-likeness (QED) is 0.871. The molecule has 0 radical (unpaired) electrons. The smallest absolute Gasteiger partial charge is 0.236 e. The lowest BCUT2D eigenvalue weighted by Gasteiger charge is -2.22. The molecule has 1 aliphatic heterocycles. The van der Waals surface area contributed by atoms with Crippen molar-refractivity contribution in [2.45, 2.75) is 19.1 Å².